The molecule has 2 heterocycles. The molecule has 27 heavy (non-hydrogen) atoms. The fourth-order valence-electron chi connectivity index (χ4n) is 2.78. The minimum Gasteiger partial charge on any atom is -0.429 e. The molecule has 0 bridgehead atoms. The Morgan fingerprint density at radius 3 is 2.63 bits per heavy atom. The Balaban J connectivity index is 1.67. The van der Waals surface area contributed by atoms with Gasteiger partial charge in [-0.05, 0) is 51.8 Å². The van der Waals surface area contributed by atoms with Crippen LogP contribution in [0.4, 0.5) is 5.69 Å². The second kappa shape index (κ2) is 7.20. The molecule has 0 aliphatic carbocycles. The highest BCUT2D eigenvalue weighted by atomic mass is 79.9. The van der Waals surface area contributed by atoms with Crippen molar-refractivity contribution in [1.82, 2.24) is 14.8 Å². The van der Waals surface area contributed by atoms with Crippen LogP contribution < -0.4 is 11.3 Å². The number of anilines is 1. The monoisotopic (exact) mass is 422 g/mol. The first-order chi connectivity index (χ1) is 13.1. The summed E-state index contributed by atoms with van der Waals surface area (Å²) in [5.74, 6) is 0.512. The zero-order chi connectivity index (χ0) is 18.8. The maximum atomic E-state index is 12.3. The summed E-state index contributed by atoms with van der Waals surface area (Å²) in [5.41, 5.74) is 9.62. The molecule has 2 aromatic carbocycles. The van der Waals surface area contributed by atoms with E-state index in [-0.39, 0.29) is 5.56 Å². The minimum absolute atomic E-state index is 0.174. The summed E-state index contributed by atoms with van der Waals surface area (Å²) in [6.07, 6.45) is 1.60. The topological polar surface area (TPSA) is 86.9 Å². The zero-order valence-electron chi connectivity index (χ0n) is 14.2. The molecule has 4 rings (SSSR count). The highest BCUT2D eigenvalue weighted by Crippen LogP contribution is 2.23. The van der Waals surface area contributed by atoms with Crippen molar-refractivity contribution in [2.75, 3.05) is 5.73 Å². The highest BCUT2D eigenvalue weighted by Gasteiger charge is 2.08. The molecule has 0 amide bonds. The van der Waals surface area contributed by atoms with E-state index in [9.17, 15) is 4.79 Å². The smallest absolute Gasteiger partial charge is 0.267 e. The Labute approximate surface area is 163 Å². The van der Waals surface area contributed by atoms with Crippen LogP contribution in [0, 0.1) is 0 Å². The summed E-state index contributed by atoms with van der Waals surface area (Å²) in [7, 11) is 0. The third kappa shape index (κ3) is 3.83. The molecule has 0 saturated heterocycles. The summed E-state index contributed by atoms with van der Waals surface area (Å²) in [6.45, 7) is 0.338. The van der Waals surface area contributed by atoms with Crippen molar-refractivity contribution in [1.29, 1.82) is 0 Å². The number of nitrogen functional groups attached to an aromatic ring is 1. The number of oxazole rings is 1. The maximum Gasteiger partial charge on any atom is 0.267 e. The Bertz CT molecular complexity index is 1170. The molecule has 2 N–H and O–H groups in total. The van der Waals surface area contributed by atoms with Gasteiger partial charge < -0.3 is 10.2 Å². The normalized spacial score (nSPS) is 10.9. The van der Waals surface area contributed by atoms with Crippen molar-refractivity contribution >= 4 is 21.6 Å². The van der Waals surface area contributed by atoms with Gasteiger partial charge in [0.1, 0.15) is 0 Å². The van der Waals surface area contributed by atoms with Crippen LogP contribution in [-0.2, 0) is 6.54 Å². The Kier molecular flexibility index (Phi) is 4.60. The lowest BCUT2D eigenvalue weighted by atomic mass is 10.1. The van der Waals surface area contributed by atoms with Gasteiger partial charge in [-0.1, -0.05) is 24.3 Å². The van der Waals surface area contributed by atoms with Gasteiger partial charge in [0.2, 0.25) is 5.89 Å². The van der Waals surface area contributed by atoms with E-state index in [1.807, 2.05) is 48.5 Å². The van der Waals surface area contributed by atoms with Crippen molar-refractivity contribution in [3.05, 3.63) is 87.4 Å². The lowest BCUT2D eigenvalue weighted by Crippen LogP contribution is -2.22. The third-order valence-corrected chi connectivity index (χ3v) is 4.40. The van der Waals surface area contributed by atoms with E-state index < -0.39 is 0 Å². The second-order valence-corrected chi connectivity index (χ2v) is 6.79. The molecule has 134 valence electrons. The molecule has 0 spiro atoms. The summed E-state index contributed by atoms with van der Waals surface area (Å²) < 4.78 is 7.50. The van der Waals surface area contributed by atoms with E-state index in [0.717, 1.165) is 16.7 Å². The van der Waals surface area contributed by atoms with Crippen molar-refractivity contribution in [3.63, 3.8) is 0 Å². The predicted molar refractivity (Wildman–Crippen MR) is 107 cm³/mol. The van der Waals surface area contributed by atoms with E-state index in [1.165, 1.54) is 10.7 Å². The number of aromatic nitrogens is 3. The van der Waals surface area contributed by atoms with Crippen LogP contribution in [0.1, 0.15) is 5.56 Å². The van der Waals surface area contributed by atoms with E-state index in [2.05, 4.69) is 26.0 Å². The van der Waals surface area contributed by atoms with Gasteiger partial charge in [-0.15, -0.1) is 0 Å². The highest BCUT2D eigenvalue weighted by molar-refractivity contribution is 9.10. The standard InChI is InChI=1S/C20H15BrN4O2/c21-18-11-23-20(27-18)15-5-1-3-13(9-15)12-25-19(26)8-7-17(24-25)14-4-2-6-16(22)10-14/h1-11H,12,22H2. The molecule has 0 atom stereocenters. The molecule has 0 aliphatic heterocycles. The fourth-order valence-corrected chi connectivity index (χ4v) is 3.03. The summed E-state index contributed by atoms with van der Waals surface area (Å²) in [6, 6.07) is 18.3. The first-order valence-corrected chi connectivity index (χ1v) is 9.02. The van der Waals surface area contributed by atoms with Gasteiger partial charge in [-0.25, -0.2) is 9.67 Å². The molecule has 7 heteroatoms. The largest absolute Gasteiger partial charge is 0.429 e. The molecule has 6 nitrogen and oxygen atoms in total. The molecular weight excluding hydrogens is 408 g/mol. The van der Waals surface area contributed by atoms with Crippen molar-refractivity contribution < 1.29 is 4.42 Å². The second-order valence-electron chi connectivity index (χ2n) is 6.01. The van der Waals surface area contributed by atoms with E-state index in [0.29, 0.717) is 28.5 Å². The van der Waals surface area contributed by atoms with Gasteiger partial charge in [0, 0.05) is 22.9 Å². The molecule has 4 aromatic rings. The van der Waals surface area contributed by atoms with Crippen LogP contribution in [0.15, 0.2) is 80.7 Å². The van der Waals surface area contributed by atoms with E-state index in [1.54, 1.807) is 12.3 Å². The van der Waals surface area contributed by atoms with E-state index in [4.69, 9.17) is 10.2 Å². The Morgan fingerprint density at radius 2 is 1.85 bits per heavy atom. The summed E-state index contributed by atoms with van der Waals surface area (Å²) in [5, 5.41) is 4.49. The molecule has 0 unspecified atom stereocenters. The maximum absolute atomic E-state index is 12.3. The van der Waals surface area contributed by atoms with Gasteiger partial charge in [0.15, 0.2) is 4.67 Å². The Hall–Kier alpha value is -3.19. The molecule has 0 radical (unpaired) electrons. The molecule has 0 saturated carbocycles. The first kappa shape index (κ1) is 17.2. The number of nitrogens with zero attached hydrogens (tertiary/aromatic N) is 3. The van der Waals surface area contributed by atoms with Gasteiger partial charge in [0.25, 0.3) is 5.56 Å². The molecule has 0 aliphatic rings. The number of benzene rings is 2. The number of hydrogen-bond acceptors (Lipinski definition) is 5. The quantitative estimate of drug-likeness (QED) is 0.502. The van der Waals surface area contributed by atoms with E-state index >= 15 is 0 Å². The minimum atomic E-state index is -0.174. The van der Waals surface area contributed by atoms with Crippen molar-refractivity contribution in [2.24, 2.45) is 0 Å². The van der Waals surface area contributed by atoms with Gasteiger partial charge in [-0.2, -0.15) is 5.10 Å². The van der Waals surface area contributed by atoms with Crippen LogP contribution in [0.5, 0.6) is 0 Å². The van der Waals surface area contributed by atoms with Gasteiger partial charge >= 0.3 is 0 Å². The number of hydrogen-bond donors (Lipinski definition) is 1. The van der Waals surface area contributed by atoms with Gasteiger partial charge in [-0.3, -0.25) is 4.79 Å². The lowest BCUT2D eigenvalue weighted by Gasteiger charge is -2.08. The molecular formula is C20H15BrN4O2. The SMILES string of the molecule is Nc1cccc(-c2ccc(=O)n(Cc3cccc(-c4ncc(Br)o4)c3)n2)c1. The lowest BCUT2D eigenvalue weighted by molar-refractivity contribution is 0.549. The van der Waals surface area contributed by atoms with Crippen LogP contribution in [0.2, 0.25) is 0 Å². The molecule has 0 fully saturated rings. The number of nitrogens with two attached hydrogens (primary N) is 1. The summed E-state index contributed by atoms with van der Waals surface area (Å²) in [4.78, 5) is 16.5. The zero-order valence-corrected chi connectivity index (χ0v) is 15.8. The average molecular weight is 423 g/mol. The average Bonchev–Trinajstić information content (AvgIpc) is 3.10. The van der Waals surface area contributed by atoms with Crippen LogP contribution in [0.25, 0.3) is 22.7 Å². The fraction of sp³-hybridized carbons (Fsp3) is 0.0500. The van der Waals surface area contributed by atoms with Crippen LogP contribution in [-0.4, -0.2) is 14.8 Å². The van der Waals surface area contributed by atoms with Crippen molar-refractivity contribution in [3.8, 4) is 22.7 Å². The van der Waals surface area contributed by atoms with Crippen LogP contribution >= 0.6 is 15.9 Å². The Morgan fingerprint density at radius 1 is 1.04 bits per heavy atom. The van der Waals surface area contributed by atoms with Crippen molar-refractivity contribution in [2.45, 2.75) is 6.54 Å². The summed E-state index contributed by atoms with van der Waals surface area (Å²) >= 11 is 3.25. The first-order valence-electron chi connectivity index (χ1n) is 8.23. The van der Waals surface area contributed by atoms with Gasteiger partial charge in [0.05, 0.1) is 18.4 Å². The predicted octanol–water partition coefficient (Wildman–Crippen LogP) is 3.96. The number of halogens is 1. The van der Waals surface area contributed by atoms with Crippen LogP contribution in [0.3, 0.4) is 0 Å². The molecule has 2 aromatic heterocycles. The third-order valence-electron chi connectivity index (χ3n) is 4.03. The number of rotatable bonds is 4.